The first-order valence-corrected chi connectivity index (χ1v) is 5.40. The minimum Gasteiger partial charge on any atom is -0.418 e. The van der Waals surface area contributed by atoms with Gasteiger partial charge in [0.05, 0.1) is 15.2 Å². The van der Waals surface area contributed by atoms with Gasteiger partial charge < -0.3 is 9.32 Å². The van der Waals surface area contributed by atoms with E-state index in [-0.39, 0.29) is 22.3 Å². The largest absolute Gasteiger partial charge is 0.418 e. The van der Waals surface area contributed by atoms with Crippen LogP contribution >= 0.6 is 0 Å². The fourth-order valence-corrected chi connectivity index (χ4v) is 1.89. The molecule has 0 spiro atoms. The third-order valence-corrected chi connectivity index (χ3v) is 2.68. The van der Waals surface area contributed by atoms with Crippen LogP contribution in [0.15, 0.2) is 27.4 Å². The quantitative estimate of drug-likeness (QED) is 0.476. The number of rotatable bonds is 3. The van der Waals surface area contributed by atoms with E-state index in [1.807, 2.05) is 0 Å². The smallest absolute Gasteiger partial charge is 0.417 e. The maximum atomic E-state index is 11.6. The summed E-state index contributed by atoms with van der Waals surface area (Å²) in [6.45, 7) is 0. The number of anilines is 1. The molecule has 0 aliphatic rings. The lowest BCUT2D eigenvalue weighted by Crippen LogP contribution is -2.17. The first-order valence-electron chi connectivity index (χ1n) is 5.40. The second-order valence-electron chi connectivity index (χ2n) is 4.18. The van der Waals surface area contributed by atoms with Gasteiger partial charge in [-0.3, -0.25) is 20.2 Å². The number of hydrogen-bond acceptors (Lipinski definition) is 7. The SMILES string of the molecule is CN(C)c1c([N+](=O)[O-])c(=O)oc2ccc([N+](=O)[O-])cc12. The molecule has 20 heavy (non-hydrogen) atoms. The highest BCUT2D eigenvalue weighted by Gasteiger charge is 2.27. The van der Waals surface area contributed by atoms with E-state index in [1.165, 1.54) is 25.1 Å². The first kappa shape index (κ1) is 13.5. The van der Waals surface area contributed by atoms with Crippen LogP contribution in [0.4, 0.5) is 17.1 Å². The Hall–Kier alpha value is -2.97. The van der Waals surface area contributed by atoms with Gasteiger partial charge in [0.1, 0.15) is 11.3 Å². The predicted octanol–water partition coefficient (Wildman–Crippen LogP) is 1.68. The molecule has 0 saturated carbocycles. The van der Waals surface area contributed by atoms with Gasteiger partial charge in [-0.05, 0) is 6.07 Å². The molecule has 2 rings (SSSR count). The number of non-ortho nitro benzene ring substituents is 1. The number of nitro benzene ring substituents is 1. The van der Waals surface area contributed by atoms with Crippen molar-refractivity contribution in [1.82, 2.24) is 0 Å². The number of benzene rings is 1. The highest BCUT2D eigenvalue weighted by atomic mass is 16.6. The van der Waals surface area contributed by atoms with Gasteiger partial charge in [0, 0.05) is 26.2 Å². The zero-order chi connectivity index (χ0) is 15.0. The van der Waals surface area contributed by atoms with Crippen molar-refractivity contribution in [2.75, 3.05) is 19.0 Å². The standard InChI is InChI=1S/C11H9N3O6/c1-12(2)9-7-5-6(13(16)17)3-4-8(7)20-11(15)10(9)14(18)19/h3-5H,1-2H3. The third kappa shape index (κ3) is 2.05. The molecule has 0 aliphatic heterocycles. The number of nitrogens with zero attached hydrogens (tertiary/aromatic N) is 3. The Morgan fingerprint density at radius 2 is 1.80 bits per heavy atom. The Labute approximate surface area is 111 Å². The second-order valence-corrected chi connectivity index (χ2v) is 4.18. The number of hydrogen-bond donors (Lipinski definition) is 0. The molecule has 0 N–H and O–H groups in total. The van der Waals surface area contributed by atoms with Crippen molar-refractivity contribution in [2.45, 2.75) is 0 Å². The molecular weight excluding hydrogens is 270 g/mol. The molecule has 1 aromatic carbocycles. The van der Waals surface area contributed by atoms with Gasteiger partial charge in [-0.1, -0.05) is 0 Å². The molecule has 0 atom stereocenters. The van der Waals surface area contributed by atoms with Gasteiger partial charge in [-0.15, -0.1) is 0 Å². The highest BCUT2D eigenvalue weighted by molar-refractivity contribution is 5.96. The Bertz CT molecular complexity index is 780. The van der Waals surface area contributed by atoms with Gasteiger partial charge in [0.15, 0.2) is 0 Å². The molecule has 0 unspecified atom stereocenters. The summed E-state index contributed by atoms with van der Waals surface area (Å²) in [4.78, 5) is 33.3. The van der Waals surface area contributed by atoms with Crippen LogP contribution in [-0.4, -0.2) is 23.9 Å². The summed E-state index contributed by atoms with van der Waals surface area (Å²) in [7, 11) is 3.00. The topological polar surface area (TPSA) is 120 Å². The summed E-state index contributed by atoms with van der Waals surface area (Å²) in [5.41, 5.74) is -2.06. The molecule has 1 aromatic heterocycles. The van der Waals surface area contributed by atoms with E-state index in [1.54, 1.807) is 0 Å². The van der Waals surface area contributed by atoms with Crippen LogP contribution in [0.3, 0.4) is 0 Å². The average Bonchev–Trinajstić information content (AvgIpc) is 2.35. The van der Waals surface area contributed by atoms with Crippen molar-refractivity contribution in [3.63, 3.8) is 0 Å². The number of nitro groups is 2. The number of fused-ring (bicyclic) bond motifs is 1. The van der Waals surface area contributed by atoms with E-state index in [0.717, 1.165) is 12.1 Å². The molecule has 0 bridgehead atoms. The van der Waals surface area contributed by atoms with Crippen molar-refractivity contribution in [1.29, 1.82) is 0 Å². The lowest BCUT2D eigenvalue weighted by Gasteiger charge is -2.13. The Morgan fingerprint density at radius 3 is 2.30 bits per heavy atom. The summed E-state index contributed by atoms with van der Waals surface area (Å²) in [5.74, 6) is 0. The van der Waals surface area contributed by atoms with E-state index in [9.17, 15) is 25.0 Å². The second kappa shape index (κ2) is 4.61. The predicted molar refractivity (Wildman–Crippen MR) is 70.1 cm³/mol. The van der Waals surface area contributed by atoms with E-state index < -0.39 is 21.2 Å². The fourth-order valence-electron chi connectivity index (χ4n) is 1.89. The first-order chi connectivity index (χ1) is 9.32. The molecule has 2 aromatic rings. The van der Waals surface area contributed by atoms with Crippen molar-refractivity contribution in [3.8, 4) is 0 Å². The van der Waals surface area contributed by atoms with Crippen LogP contribution in [0.2, 0.25) is 0 Å². The lowest BCUT2D eigenvalue weighted by atomic mass is 10.1. The maximum absolute atomic E-state index is 11.6. The third-order valence-electron chi connectivity index (χ3n) is 2.68. The molecule has 0 fully saturated rings. The van der Waals surface area contributed by atoms with Gasteiger partial charge >= 0.3 is 11.3 Å². The van der Waals surface area contributed by atoms with Crippen molar-refractivity contribution < 1.29 is 14.3 Å². The molecule has 104 valence electrons. The van der Waals surface area contributed by atoms with Gasteiger partial charge in [-0.25, -0.2) is 4.79 Å². The van der Waals surface area contributed by atoms with Crippen LogP contribution in [0, 0.1) is 20.2 Å². The van der Waals surface area contributed by atoms with Crippen molar-refractivity contribution in [3.05, 3.63) is 48.8 Å². The van der Waals surface area contributed by atoms with E-state index >= 15 is 0 Å². The van der Waals surface area contributed by atoms with Crippen molar-refractivity contribution >= 4 is 28.0 Å². The van der Waals surface area contributed by atoms with Crippen LogP contribution in [-0.2, 0) is 0 Å². The summed E-state index contributed by atoms with van der Waals surface area (Å²) in [6.07, 6.45) is 0. The molecule has 0 aliphatic carbocycles. The van der Waals surface area contributed by atoms with E-state index in [0.29, 0.717) is 0 Å². The highest BCUT2D eigenvalue weighted by Crippen LogP contribution is 2.34. The maximum Gasteiger partial charge on any atom is 0.417 e. The molecular formula is C11H9N3O6. The molecule has 0 amide bonds. The lowest BCUT2D eigenvalue weighted by molar-refractivity contribution is -0.386. The molecule has 9 nitrogen and oxygen atoms in total. The van der Waals surface area contributed by atoms with Gasteiger partial charge in [-0.2, -0.15) is 0 Å². The zero-order valence-electron chi connectivity index (χ0n) is 10.5. The van der Waals surface area contributed by atoms with Crippen LogP contribution in [0.25, 0.3) is 11.0 Å². The van der Waals surface area contributed by atoms with Gasteiger partial charge in [0.2, 0.25) is 0 Å². The average molecular weight is 279 g/mol. The Balaban J connectivity index is 2.98. The van der Waals surface area contributed by atoms with Crippen LogP contribution < -0.4 is 10.5 Å². The normalized spacial score (nSPS) is 10.5. The molecule has 1 heterocycles. The van der Waals surface area contributed by atoms with Gasteiger partial charge in [0.25, 0.3) is 5.69 Å². The summed E-state index contributed by atoms with van der Waals surface area (Å²) < 4.78 is 4.83. The summed E-state index contributed by atoms with van der Waals surface area (Å²) in [5, 5.41) is 21.9. The molecule has 0 saturated heterocycles. The van der Waals surface area contributed by atoms with Crippen LogP contribution in [0.5, 0.6) is 0 Å². The van der Waals surface area contributed by atoms with E-state index in [2.05, 4.69) is 0 Å². The Kier molecular flexibility index (Phi) is 3.10. The van der Waals surface area contributed by atoms with Crippen LogP contribution in [0.1, 0.15) is 0 Å². The summed E-state index contributed by atoms with van der Waals surface area (Å²) >= 11 is 0. The van der Waals surface area contributed by atoms with E-state index in [4.69, 9.17) is 4.42 Å². The molecule has 0 radical (unpaired) electrons. The zero-order valence-corrected chi connectivity index (χ0v) is 10.5. The monoisotopic (exact) mass is 279 g/mol. The summed E-state index contributed by atoms with van der Waals surface area (Å²) in [6, 6.07) is 3.54. The fraction of sp³-hybridized carbons (Fsp3) is 0.182. The van der Waals surface area contributed by atoms with Crippen molar-refractivity contribution in [2.24, 2.45) is 0 Å². The Morgan fingerprint density at radius 1 is 1.15 bits per heavy atom. The minimum atomic E-state index is -1.10. The molecule has 9 heteroatoms. The minimum absolute atomic E-state index is 0.0232.